The molecule has 0 radical (unpaired) electrons. The van der Waals surface area contributed by atoms with Gasteiger partial charge < -0.3 is 15.4 Å². The van der Waals surface area contributed by atoms with Crippen molar-refractivity contribution in [2.75, 3.05) is 25.5 Å². The molecule has 2 aromatic carbocycles. The second kappa shape index (κ2) is 10.6. The summed E-state index contributed by atoms with van der Waals surface area (Å²) in [6.07, 6.45) is 3.47. The highest BCUT2D eigenvalue weighted by molar-refractivity contribution is 6.31. The van der Waals surface area contributed by atoms with Gasteiger partial charge in [-0.15, -0.1) is 12.4 Å². The Hall–Kier alpha value is -2.25. The van der Waals surface area contributed by atoms with Crippen LogP contribution in [0, 0.1) is 6.92 Å². The summed E-state index contributed by atoms with van der Waals surface area (Å²) in [5.74, 6) is 0.489. The molecule has 9 heteroatoms. The summed E-state index contributed by atoms with van der Waals surface area (Å²) in [6.45, 7) is 3.75. The fraction of sp³-hybridized carbons (Fsp3) is 0.304. The van der Waals surface area contributed by atoms with Crippen molar-refractivity contribution in [2.24, 2.45) is 0 Å². The molecule has 32 heavy (non-hydrogen) atoms. The minimum absolute atomic E-state index is 0. The lowest BCUT2D eigenvalue weighted by Gasteiger charge is -2.25. The van der Waals surface area contributed by atoms with Crippen LogP contribution in [0.1, 0.15) is 40.4 Å². The molecular formula is C23H25Cl3N4O2. The number of methoxy groups -OCH3 is 1. The Labute approximate surface area is 203 Å². The molecule has 0 bridgehead atoms. The number of piperidine rings is 1. The number of aryl methyl sites for hydroxylation is 1. The molecule has 0 spiro atoms. The van der Waals surface area contributed by atoms with Crippen LogP contribution in [0.3, 0.4) is 0 Å². The van der Waals surface area contributed by atoms with Crippen LogP contribution in [-0.2, 0) is 0 Å². The summed E-state index contributed by atoms with van der Waals surface area (Å²) in [5, 5.41) is 12.1. The first-order valence-electron chi connectivity index (χ1n) is 10.2. The largest absolute Gasteiger partial charge is 0.495 e. The fourth-order valence-electron chi connectivity index (χ4n) is 3.91. The summed E-state index contributed by atoms with van der Waals surface area (Å²) in [6, 6.07) is 10.9. The number of nitrogens with one attached hydrogen (secondary N) is 2. The molecular weight excluding hydrogens is 471 g/mol. The van der Waals surface area contributed by atoms with Gasteiger partial charge in [0, 0.05) is 16.0 Å². The molecule has 6 nitrogen and oxygen atoms in total. The Balaban J connectivity index is 0.00000289. The van der Waals surface area contributed by atoms with Gasteiger partial charge in [-0.05, 0) is 68.8 Å². The lowest BCUT2D eigenvalue weighted by molar-refractivity contribution is 0.102. The fourth-order valence-corrected chi connectivity index (χ4v) is 4.25. The summed E-state index contributed by atoms with van der Waals surface area (Å²) >= 11 is 12.5. The Morgan fingerprint density at radius 3 is 2.62 bits per heavy atom. The summed E-state index contributed by atoms with van der Waals surface area (Å²) in [4.78, 5) is 13.3. The second-order valence-corrected chi connectivity index (χ2v) is 8.46. The molecule has 2 N–H and O–H groups in total. The van der Waals surface area contributed by atoms with E-state index in [-0.39, 0.29) is 24.2 Å². The smallest absolute Gasteiger partial charge is 0.259 e. The van der Waals surface area contributed by atoms with Crippen LogP contribution in [0.25, 0.3) is 5.69 Å². The van der Waals surface area contributed by atoms with Crippen molar-refractivity contribution in [3.05, 3.63) is 69.5 Å². The Morgan fingerprint density at radius 2 is 1.94 bits per heavy atom. The molecule has 1 saturated heterocycles. The Kier molecular flexibility index (Phi) is 8.06. The van der Waals surface area contributed by atoms with Gasteiger partial charge in [0.25, 0.3) is 5.91 Å². The number of nitrogens with zero attached hydrogens (tertiary/aromatic N) is 2. The number of ether oxygens (including phenoxy) is 1. The lowest BCUT2D eigenvalue weighted by Crippen LogP contribution is -2.29. The van der Waals surface area contributed by atoms with Gasteiger partial charge in [0.15, 0.2) is 0 Å². The molecule has 0 unspecified atom stereocenters. The summed E-state index contributed by atoms with van der Waals surface area (Å²) in [5.41, 5.74) is 3.77. The normalized spacial score (nSPS) is 14.0. The first-order chi connectivity index (χ1) is 15.0. The molecule has 0 aliphatic carbocycles. The van der Waals surface area contributed by atoms with E-state index in [0.29, 0.717) is 27.0 Å². The van der Waals surface area contributed by atoms with Crippen LogP contribution in [0.15, 0.2) is 42.6 Å². The average Bonchev–Trinajstić information content (AvgIpc) is 3.22. The number of halogens is 3. The third-order valence-corrected chi connectivity index (χ3v) is 6.23. The van der Waals surface area contributed by atoms with Crippen molar-refractivity contribution < 1.29 is 9.53 Å². The maximum absolute atomic E-state index is 13.3. The Morgan fingerprint density at radius 1 is 1.19 bits per heavy atom. The topological polar surface area (TPSA) is 68.2 Å². The van der Waals surface area contributed by atoms with E-state index in [0.717, 1.165) is 42.9 Å². The summed E-state index contributed by atoms with van der Waals surface area (Å²) < 4.78 is 7.20. The van der Waals surface area contributed by atoms with Crippen molar-refractivity contribution in [2.45, 2.75) is 25.7 Å². The molecule has 0 saturated carbocycles. The van der Waals surface area contributed by atoms with E-state index in [1.165, 1.54) is 0 Å². The molecule has 170 valence electrons. The van der Waals surface area contributed by atoms with E-state index in [9.17, 15) is 4.79 Å². The quantitative estimate of drug-likeness (QED) is 0.481. The van der Waals surface area contributed by atoms with E-state index in [1.54, 1.807) is 31.5 Å². The number of amides is 1. The van der Waals surface area contributed by atoms with Gasteiger partial charge in [0.1, 0.15) is 5.75 Å². The van der Waals surface area contributed by atoms with Crippen molar-refractivity contribution in [1.29, 1.82) is 0 Å². The number of carbonyl (C=O) groups is 1. The van der Waals surface area contributed by atoms with E-state index < -0.39 is 0 Å². The number of hydrogen-bond acceptors (Lipinski definition) is 4. The van der Waals surface area contributed by atoms with Gasteiger partial charge in [-0.3, -0.25) is 4.79 Å². The van der Waals surface area contributed by atoms with Crippen molar-refractivity contribution in [3.8, 4) is 11.4 Å². The standard InChI is InChI=1S/C23H24Cl2N4O2.ClH/c1-14-3-5-17(12-19(14)25)29-22(15-7-9-26-10-8-15)18(13-27-29)23(30)28-20-11-16(24)4-6-21(20)31-2;/h3-6,11-13,15,26H,7-10H2,1-2H3,(H,28,30);1H. The van der Waals surface area contributed by atoms with Crippen LogP contribution < -0.4 is 15.4 Å². The molecule has 1 aromatic heterocycles. The lowest BCUT2D eigenvalue weighted by atomic mass is 9.91. The molecule has 2 heterocycles. The highest BCUT2D eigenvalue weighted by Gasteiger charge is 2.27. The summed E-state index contributed by atoms with van der Waals surface area (Å²) in [7, 11) is 1.55. The maximum Gasteiger partial charge on any atom is 0.259 e. The zero-order valence-corrected chi connectivity index (χ0v) is 20.2. The van der Waals surface area contributed by atoms with Gasteiger partial charge in [-0.1, -0.05) is 29.3 Å². The molecule has 4 rings (SSSR count). The van der Waals surface area contributed by atoms with E-state index in [2.05, 4.69) is 15.7 Å². The monoisotopic (exact) mass is 494 g/mol. The number of benzene rings is 2. The van der Waals surface area contributed by atoms with Gasteiger partial charge in [-0.2, -0.15) is 5.10 Å². The molecule has 1 fully saturated rings. The number of rotatable bonds is 5. The maximum atomic E-state index is 13.3. The number of aromatic nitrogens is 2. The van der Waals surface area contributed by atoms with Gasteiger partial charge >= 0.3 is 0 Å². The van der Waals surface area contributed by atoms with Crippen LogP contribution in [-0.4, -0.2) is 35.9 Å². The predicted molar refractivity (Wildman–Crippen MR) is 131 cm³/mol. The third kappa shape index (κ3) is 5.04. The minimum atomic E-state index is -0.251. The van der Waals surface area contributed by atoms with Crippen molar-refractivity contribution in [3.63, 3.8) is 0 Å². The second-order valence-electron chi connectivity index (χ2n) is 7.61. The van der Waals surface area contributed by atoms with Crippen LogP contribution in [0.2, 0.25) is 10.0 Å². The first-order valence-corrected chi connectivity index (χ1v) is 10.9. The third-order valence-electron chi connectivity index (χ3n) is 5.59. The number of anilines is 1. The molecule has 3 aromatic rings. The van der Waals surface area contributed by atoms with E-state index >= 15 is 0 Å². The van der Waals surface area contributed by atoms with Crippen LogP contribution >= 0.6 is 35.6 Å². The zero-order valence-electron chi connectivity index (χ0n) is 17.8. The molecule has 1 aliphatic rings. The zero-order chi connectivity index (χ0) is 22.0. The number of hydrogen-bond donors (Lipinski definition) is 2. The van der Waals surface area contributed by atoms with Gasteiger partial charge in [-0.25, -0.2) is 4.68 Å². The highest BCUT2D eigenvalue weighted by atomic mass is 35.5. The van der Waals surface area contributed by atoms with E-state index in [1.807, 2.05) is 29.8 Å². The molecule has 1 aliphatic heterocycles. The highest BCUT2D eigenvalue weighted by Crippen LogP contribution is 2.33. The SMILES string of the molecule is COc1ccc(Cl)cc1NC(=O)c1cnn(-c2ccc(C)c(Cl)c2)c1C1CCNCC1.Cl. The molecule has 0 atom stereocenters. The minimum Gasteiger partial charge on any atom is -0.495 e. The van der Waals surface area contributed by atoms with E-state index in [4.69, 9.17) is 27.9 Å². The first kappa shape index (κ1) is 24.4. The van der Waals surface area contributed by atoms with Crippen molar-refractivity contribution >= 4 is 47.2 Å². The van der Waals surface area contributed by atoms with Crippen LogP contribution in [0.5, 0.6) is 5.75 Å². The van der Waals surface area contributed by atoms with Gasteiger partial charge in [0.2, 0.25) is 0 Å². The predicted octanol–water partition coefficient (Wildman–Crippen LogP) is 5.64. The molecule has 1 amide bonds. The average molecular weight is 496 g/mol. The van der Waals surface area contributed by atoms with Crippen molar-refractivity contribution in [1.82, 2.24) is 15.1 Å². The van der Waals surface area contributed by atoms with Gasteiger partial charge in [0.05, 0.1) is 35.9 Å². The Bertz CT molecular complexity index is 1110. The number of carbonyl (C=O) groups excluding carboxylic acids is 1. The van der Waals surface area contributed by atoms with Crippen LogP contribution in [0.4, 0.5) is 5.69 Å².